The van der Waals surface area contributed by atoms with Crippen molar-refractivity contribution in [1.29, 1.82) is 0 Å². The predicted octanol–water partition coefficient (Wildman–Crippen LogP) is 4.17. The summed E-state index contributed by atoms with van der Waals surface area (Å²) in [6.45, 7) is 0. The number of hydrazone groups is 1. The van der Waals surface area contributed by atoms with Crippen LogP contribution in [-0.2, 0) is 0 Å². The lowest BCUT2D eigenvalue weighted by Crippen LogP contribution is -1.93. The van der Waals surface area contributed by atoms with Crippen molar-refractivity contribution in [3.8, 4) is 0 Å². The normalized spacial score (nSPS) is 10.8. The van der Waals surface area contributed by atoms with Crippen LogP contribution in [0.1, 0.15) is 5.56 Å². The zero-order valence-electron chi connectivity index (χ0n) is 9.20. The maximum absolute atomic E-state index is 13.4. The Hall–Kier alpha value is -1.75. The number of benzene rings is 2. The predicted molar refractivity (Wildman–Crippen MR) is 71.7 cm³/mol. The lowest BCUT2D eigenvalue weighted by molar-refractivity contribution is 0.625. The van der Waals surface area contributed by atoms with E-state index < -0.39 is 0 Å². The summed E-state index contributed by atoms with van der Waals surface area (Å²) < 4.78 is 26.7. The van der Waals surface area contributed by atoms with E-state index in [1.54, 1.807) is 24.3 Å². The Kier molecular flexibility index (Phi) is 4.04. The topological polar surface area (TPSA) is 24.4 Å². The van der Waals surface area contributed by atoms with E-state index in [-0.39, 0.29) is 11.6 Å². The first-order valence-electron chi connectivity index (χ1n) is 5.15. The van der Waals surface area contributed by atoms with E-state index in [1.807, 2.05) is 0 Å². The van der Waals surface area contributed by atoms with Gasteiger partial charge in [-0.3, -0.25) is 5.43 Å². The standard InChI is InChI=1S/C13H9BrF2N2/c14-10-2-1-9(13(16)7-10)8-17-18-12-5-3-11(15)4-6-12/h1-8,18H/b17-8-. The summed E-state index contributed by atoms with van der Waals surface area (Å²) in [5, 5.41) is 3.88. The van der Waals surface area contributed by atoms with E-state index in [4.69, 9.17) is 0 Å². The Morgan fingerprint density at radius 1 is 1.06 bits per heavy atom. The fourth-order valence-electron chi connectivity index (χ4n) is 1.31. The van der Waals surface area contributed by atoms with Crippen molar-refractivity contribution in [3.05, 3.63) is 64.1 Å². The molecule has 2 aromatic rings. The summed E-state index contributed by atoms with van der Waals surface area (Å²) >= 11 is 3.17. The lowest BCUT2D eigenvalue weighted by Gasteiger charge is -2.00. The summed E-state index contributed by atoms with van der Waals surface area (Å²) in [5.74, 6) is -0.683. The molecule has 0 bridgehead atoms. The van der Waals surface area contributed by atoms with Gasteiger partial charge in [-0.25, -0.2) is 8.78 Å². The molecular weight excluding hydrogens is 302 g/mol. The molecule has 18 heavy (non-hydrogen) atoms. The number of nitrogens with one attached hydrogen (secondary N) is 1. The van der Waals surface area contributed by atoms with E-state index >= 15 is 0 Å². The molecule has 92 valence electrons. The van der Waals surface area contributed by atoms with Crippen LogP contribution in [0, 0.1) is 11.6 Å². The van der Waals surface area contributed by atoms with E-state index in [9.17, 15) is 8.78 Å². The fourth-order valence-corrected chi connectivity index (χ4v) is 1.64. The molecule has 5 heteroatoms. The Bertz CT molecular complexity index is 568. The number of hydrogen-bond donors (Lipinski definition) is 1. The number of rotatable bonds is 3. The van der Waals surface area contributed by atoms with Crippen molar-refractivity contribution in [1.82, 2.24) is 0 Å². The zero-order valence-corrected chi connectivity index (χ0v) is 10.8. The third kappa shape index (κ3) is 3.37. The van der Waals surface area contributed by atoms with Crippen LogP contribution in [0.25, 0.3) is 0 Å². The van der Waals surface area contributed by atoms with Crippen LogP contribution < -0.4 is 5.43 Å². The van der Waals surface area contributed by atoms with Crippen LogP contribution >= 0.6 is 15.9 Å². The van der Waals surface area contributed by atoms with Gasteiger partial charge in [0.15, 0.2) is 0 Å². The molecular formula is C13H9BrF2N2. The van der Waals surface area contributed by atoms with Crippen LogP contribution in [0.2, 0.25) is 0 Å². The van der Waals surface area contributed by atoms with Crippen LogP contribution in [0.3, 0.4) is 0 Å². The Labute approximate surface area is 111 Å². The molecule has 0 saturated heterocycles. The average Bonchev–Trinajstić information content (AvgIpc) is 2.34. The fraction of sp³-hybridized carbons (Fsp3) is 0. The molecule has 0 saturated carbocycles. The highest BCUT2D eigenvalue weighted by molar-refractivity contribution is 9.10. The molecule has 1 N–H and O–H groups in total. The zero-order chi connectivity index (χ0) is 13.0. The maximum Gasteiger partial charge on any atom is 0.133 e. The minimum absolute atomic E-state index is 0.316. The van der Waals surface area contributed by atoms with Gasteiger partial charge in [0.2, 0.25) is 0 Å². The molecule has 0 spiro atoms. The van der Waals surface area contributed by atoms with E-state index in [0.29, 0.717) is 15.7 Å². The van der Waals surface area contributed by atoms with E-state index in [0.717, 1.165) is 0 Å². The van der Waals surface area contributed by atoms with Gasteiger partial charge in [-0.2, -0.15) is 5.10 Å². The van der Waals surface area contributed by atoms with Gasteiger partial charge in [-0.05, 0) is 42.5 Å². The summed E-state index contributed by atoms with van der Waals surface area (Å²) in [4.78, 5) is 0. The van der Waals surface area contributed by atoms with E-state index in [1.165, 1.54) is 24.4 Å². The molecule has 2 rings (SSSR count). The van der Waals surface area contributed by atoms with Crippen LogP contribution in [-0.4, -0.2) is 6.21 Å². The summed E-state index contributed by atoms with van der Waals surface area (Å²) in [6, 6.07) is 10.4. The van der Waals surface area contributed by atoms with Gasteiger partial charge in [-0.1, -0.05) is 15.9 Å². The number of anilines is 1. The molecule has 0 aromatic heterocycles. The highest BCUT2D eigenvalue weighted by Crippen LogP contribution is 2.14. The molecule has 0 aliphatic heterocycles. The average molecular weight is 311 g/mol. The second-order valence-electron chi connectivity index (χ2n) is 3.54. The van der Waals surface area contributed by atoms with Crippen LogP contribution in [0.5, 0.6) is 0 Å². The molecule has 2 aromatic carbocycles. The van der Waals surface area contributed by atoms with Gasteiger partial charge in [-0.15, -0.1) is 0 Å². The summed E-state index contributed by atoms with van der Waals surface area (Å²) in [6.07, 6.45) is 1.37. The van der Waals surface area contributed by atoms with Gasteiger partial charge in [0.1, 0.15) is 11.6 Å². The van der Waals surface area contributed by atoms with Crippen molar-refractivity contribution < 1.29 is 8.78 Å². The van der Waals surface area contributed by atoms with Crippen molar-refractivity contribution >= 4 is 27.8 Å². The van der Waals surface area contributed by atoms with Gasteiger partial charge in [0.05, 0.1) is 11.9 Å². The number of halogens is 3. The highest BCUT2D eigenvalue weighted by Gasteiger charge is 1.99. The minimum Gasteiger partial charge on any atom is -0.278 e. The van der Waals surface area contributed by atoms with E-state index in [2.05, 4.69) is 26.5 Å². The van der Waals surface area contributed by atoms with Crippen molar-refractivity contribution in [3.63, 3.8) is 0 Å². The second kappa shape index (κ2) is 5.73. The minimum atomic E-state index is -0.367. The number of hydrogen-bond acceptors (Lipinski definition) is 2. The Morgan fingerprint density at radius 3 is 2.44 bits per heavy atom. The highest BCUT2D eigenvalue weighted by atomic mass is 79.9. The first kappa shape index (κ1) is 12.7. The third-order valence-corrected chi connectivity index (χ3v) is 2.70. The summed E-state index contributed by atoms with van der Waals surface area (Å²) in [5.41, 5.74) is 3.68. The SMILES string of the molecule is Fc1ccc(N/N=C\c2ccc(Br)cc2F)cc1. The quantitative estimate of drug-likeness (QED) is 0.667. The van der Waals surface area contributed by atoms with Crippen molar-refractivity contribution in [2.75, 3.05) is 5.43 Å². The molecule has 0 unspecified atom stereocenters. The van der Waals surface area contributed by atoms with Gasteiger partial charge in [0, 0.05) is 10.0 Å². The Morgan fingerprint density at radius 2 is 1.78 bits per heavy atom. The molecule has 0 amide bonds. The van der Waals surface area contributed by atoms with Gasteiger partial charge < -0.3 is 0 Å². The lowest BCUT2D eigenvalue weighted by atomic mass is 10.2. The van der Waals surface area contributed by atoms with Crippen molar-refractivity contribution in [2.45, 2.75) is 0 Å². The smallest absolute Gasteiger partial charge is 0.133 e. The third-order valence-electron chi connectivity index (χ3n) is 2.20. The van der Waals surface area contributed by atoms with Gasteiger partial charge in [0.25, 0.3) is 0 Å². The number of nitrogens with zero attached hydrogens (tertiary/aromatic N) is 1. The maximum atomic E-state index is 13.4. The molecule has 2 nitrogen and oxygen atoms in total. The van der Waals surface area contributed by atoms with Crippen LogP contribution in [0.4, 0.5) is 14.5 Å². The second-order valence-corrected chi connectivity index (χ2v) is 4.46. The first-order valence-corrected chi connectivity index (χ1v) is 5.94. The van der Waals surface area contributed by atoms with Gasteiger partial charge >= 0.3 is 0 Å². The summed E-state index contributed by atoms with van der Waals surface area (Å²) in [7, 11) is 0. The molecule has 0 radical (unpaired) electrons. The first-order chi connectivity index (χ1) is 8.65. The molecule has 0 fully saturated rings. The monoisotopic (exact) mass is 310 g/mol. The molecule has 0 atom stereocenters. The Balaban J connectivity index is 2.05. The molecule has 0 aliphatic rings. The van der Waals surface area contributed by atoms with Crippen LogP contribution in [0.15, 0.2) is 52.0 Å². The molecule has 0 heterocycles. The van der Waals surface area contributed by atoms with Crippen molar-refractivity contribution in [2.24, 2.45) is 5.10 Å². The molecule has 0 aliphatic carbocycles. The largest absolute Gasteiger partial charge is 0.278 e.